The van der Waals surface area contributed by atoms with Gasteiger partial charge in [0.15, 0.2) is 0 Å². The summed E-state index contributed by atoms with van der Waals surface area (Å²) < 4.78 is 46.8. The summed E-state index contributed by atoms with van der Waals surface area (Å²) in [6.45, 7) is 2.06. The molecule has 2 aromatic heterocycles. The summed E-state index contributed by atoms with van der Waals surface area (Å²) >= 11 is 0. The van der Waals surface area contributed by atoms with Gasteiger partial charge in [0.05, 0.1) is 24.5 Å². The van der Waals surface area contributed by atoms with Crippen LogP contribution in [0.4, 0.5) is 21.6 Å². The van der Waals surface area contributed by atoms with E-state index in [1.807, 2.05) is 65.5 Å². The Morgan fingerprint density at radius 1 is 1.09 bits per heavy atom. The van der Waals surface area contributed by atoms with Gasteiger partial charge in [-0.15, -0.1) is 0 Å². The van der Waals surface area contributed by atoms with Crippen LogP contribution in [0.5, 0.6) is 0 Å². The number of aromatic nitrogens is 3. The normalized spacial score (nSPS) is 15.7. The first-order valence-corrected chi connectivity index (χ1v) is 16.0. The van der Waals surface area contributed by atoms with Crippen molar-refractivity contribution >= 4 is 44.3 Å². The lowest BCUT2D eigenvalue weighted by Gasteiger charge is -2.31. The van der Waals surface area contributed by atoms with Gasteiger partial charge in [-0.25, -0.2) is 22.8 Å². The van der Waals surface area contributed by atoms with Crippen molar-refractivity contribution < 1.29 is 17.5 Å². The summed E-state index contributed by atoms with van der Waals surface area (Å²) in [6.07, 6.45) is 7.77. The van der Waals surface area contributed by atoms with Crippen molar-refractivity contribution in [3.63, 3.8) is 0 Å². The Bertz CT molecular complexity index is 1930. The van der Waals surface area contributed by atoms with Crippen LogP contribution in [0, 0.1) is 11.2 Å². The largest absolute Gasteiger partial charge is 0.380 e. The Kier molecular flexibility index (Phi) is 8.38. The van der Waals surface area contributed by atoms with E-state index < -0.39 is 10.0 Å². The average molecular weight is 614 g/mol. The van der Waals surface area contributed by atoms with Crippen LogP contribution >= 0.6 is 0 Å². The fourth-order valence-corrected chi connectivity index (χ4v) is 6.15. The summed E-state index contributed by atoms with van der Waals surface area (Å²) in [5, 5.41) is 15.4. The van der Waals surface area contributed by atoms with E-state index in [4.69, 9.17) is 10.1 Å². The fourth-order valence-electron chi connectivity index (χ4n) is 5.30. The maximum absolute atomic E-state index is 13.6. The highest BCUT2D eigenvalue weighted by atomic mass is 32.2. The maximum atomic E-state index is 13.6. The predicted octanol–water partition coefficient (Wildman–Crippen LogP) is 5.25. The minimum absolute atomic E-state index is 0.228. The molecule has 0 amide bonds. The Balaban J connectivity index is 1.19. The molecule has 1 aliphatic rings. The summed E-state index contributed by atoms with van der Waals surface area (Å²) in [7, 11) is -3.26. The van der Waals surface area contributed by atoms with E-state index in [0.717, 1.165) is 39.0 Å². The highest BCUT2D eigenvalue weighted by Gasteiger charge is 2.26. The molecule has 0 aliphatic carbocycles. The lowest BCUT2D eigenvalue weighted by atomic mass is 10.1. The van der Waals surface area contributed by atoms with Gasteiger partial charge in [-0.3, -0.25) is 0 Å². The van der Waals surface area contributed by atoms with E-state index in [1.54, 1.807) is 6.07 Å². The van der Waals surface area contributed by atoms with Gasteiger partial charge in [-0.05, 0) is 65.2 Å². The fraction of sp³-hybridized carbons (Fsp3) is 0.219. The molecule has 1 unspecified atom stereocenters. The third kappa shape index (κ3) is 6.77. The molecule has 5 aromatic rings. The second-order valence-electron chi connectivity index (χ2n) is 10.7. The number of hydrogen-bond donors (Lipinski definition) is 3. The van der Waals surface area contributed by atoms with E-state index in [1.165, 1.54) is 35.2 Å². The molecule has 226 valence electrons. The second kappa shape index (κ2) is 12.5. The van der Waals surface area contributed by atoms with Crippen LogP contribution in [0.3, 0.4) is 0 Å². The number of anilines is 3. The molecule has 10 nitrogen and oxygen atoms in total. The molecule has 0 bridgehead atoms. The number of ether oxygens (including phenoxy) is 1. The van der Waals surface area contributed by atoms with E-state index in [0.29, 0.717) is 44.2 Å². The molecule has 3 N–H and O–H groups in total. The van der Waals surface area contributed by atoms with E-state index in [2.05, 4.69) is 20.6 Å². The van der Waals surface area contributed by atoms with Crippen LogP contribution in [0.15, 0.2) is 85.5 Å². The molecule has 44 heavy (non-hydrogen) atoms. The summed E-state index contributed by atoms with van der Waals surface area (Å²) in [4.78, 5) is 8.94. The van der Waals surface area contributed by atoms with Crippen molar-refractivity contribution in [2.24, 2.45) is 0 Å². The number of rotatable bonds is 10. The molecule has 3 aromatic carbocycles. The van der Waals surface area contributed by atoms with Gasteiger partial charge < -0.3 is 25.3 Å². The molecular weight excluding hydrogens is 581 g/mol. The van der Waals surface area contributed by atoms with Gasteiger partial charge in [0.25, 0.3) is 0 Å². The molecular formula is C32H32FN7O3S. The van der Waals surface area contributed by atoms with Gasteiger partial charge in [-0.2, -0.15) is 4.31 Å². The third-order valence-corrected chi connectivity index (χ3v) is 8.82. The van der Waals surface area contributed by atoms with Crippen molar-refractivity contribution in [1.29, 1.82) is 5.41 Å². The van der Waals surface area contributed by atoms with Crippen LogP contribution in [0.1, 0.15) is 11.1 Å². The monoisotopic (exact) mass is 613 g/mol. The number of nitrogens with zero attached hydrogens (tertiary/aromatic N) is 4. The molecule has 1 fully saturated rings. The minimum Gasteiger partial charge on any atom is -0.380 e. The molecule has 1 aliphatic heterocycles. The van der Waals surface area contributed by atoms with Gasteiger partial charge in [0.1, 0.15) is 18.0 Å². The van der Waals surface area contributed by atoms with Crippen LogP contribution in [-0.2, 0) is 27.8 Å². The Morgan fingerprint density at radius 3 is 2.80 bits per heavy atom. The first kappa shape index (κ1) is 29.4. The molecule has 3 heterocycles. The number of halogens is 1. The molecule has 6 rings (SSSR count). The SMILES string of the molecule is CS(=O)(=O)N1CCOC(Cn2ccc(-c3ccc4ncnc(Nc5ccc(NCc6cccc(F)c6)c(C=N)c5)c4c3)c2)C1. The van der Waals surface area contributed by atoms with Crippen molar-refractivity contribution in [2.75, 3.05) is 36.6 Å². The molecule has 12 heteroatoms. The second-order valence-corrected chi connectivity index (χ2v) is 12.7. The van der Waals surface area contributed by atoms with E-state index in [-0.39, 0.29) is 11.9 Å². The maximum Gasteiger partial charge on any atom is 0.211 e. The highest BCUT2D eigenvalue weighted by molar-refractivity contribution is 7.88. The summed E-state index contributed by atoms with van der Waals surface area (Å²) in [6, 6.07) is 20.1. The predicted molar refractivity (Wildman–Crippen MR) is 170 cm³/mol. The van der Waals surface area contributed by atoms with Gasteiger partial charge >= 0.3 is 0 Å². The Morgan fingerprint density at radius 2 is 1.98 bits per heavy atom. The lowest BCUT2D eigenvalue weighted by Crippen LogP contribution is -2.46. The number of hydrogen-bond acceptors (Lipinski definition) is 8. The quantitative estimate of drug-likeness (QED) is 0.184. The Hall–Kier alpha value is -4.65. The van der Waals surface area contributed by atoms with E-state index >= 15 is 0 Å². The van der Waals surface area contributed by atoms with Crippen LogP contribution in [-0.4, -0.2) is 65.5 Å². The van der Waals surface area contributed by atoms with Crippen molar-refractivity contribution in [3.05, 3.63) is 102 Å². The zero-order valence-electron chi connectivity index (χ0n) is 24.1. The zero-order valence-corrected chi connectivity index (χ0v) is 24.9. The zero-order chi connectivity index (χ0) is 30.7. The number of sulfonamides is 1. The van der Waals surface area contributed by atoms with Gasteiger partial charge in [0, 0.05) is 67.1 Å². The molecule has 0 saturated carbocycles. The van der Waals surface area contributed by atoms with Crippen molar-refractivity contribution in [2.45, 2.75) is 19.2 Å². The first-order chi connectivity index (χ1) is 21.2. The molecule has 1 saturated heterocycles. The third-order valence-electron chi connectivity index (χ3n) is 7.55. The standard InChI is InChI=1S/C32H32FN7O3S/c1-44(41,42)40-11-12-43-28(20-40)19-39-10-9-24(18-39)23-5-7-31-29(15-23)32(37-21-36-31)38-27-6-8-30(25(14-27)16-34)35-17-22-3-2-4-26(33)13-22/h2-10,13-16,18,21,28,34-35H,11-12,17,19-20H2,1H3,(H,36,37,38). The number of fused-ring (bicyclic) bond motifs is 1. The summed E-state index contributed by atoms with van der Waals surface area (Å²) in [5.74, 6) is 0.343. The molecule has 0 radical (unpaired) electrons. The molecule has 0 spiro atoms. The molecule has 1 atom stereocenters. The average Bonchev–Trinajstić information content (AvgIpc) is 3.48. The minimum atomic E-state index is -3.26. The van der Waals surface area contributed by atoms with Crippen LogP contribution in [0.25, 0.3) is 22.0 Å². The van der Waals surface area contributed by atoms with Gasteiger partial charge in [-0.1, -0.05) is 18.2 Å². The van der Waals surface area contributed by atoms with Crippen LogP contribution < -0.4 is 10.6 Å². The summed E-state index contributed by atoms with van der Waals surface area (Å²) in [5.41, 5.74) is 5.76. The number of benzene rings is 3. The Labute approximate surface area is 255 Å². The van der Waals surface area contributed by atoms with Gasteiger partial charge in [0.2, 0.25) is 10.0 Å². The number of morpholine rings is 1. The number of nitrogens with one attached hydrogen (secondary N) is 3. The first-order valence-electron chi connectivity index (χ1n) is 14.1. The highest BCUT2D eigenvalue weighted by Crippen LogP contribution is 2.30. The van der Waals surface area contributed by atoms with Crippen LogP contribution in [0.2, 0.25) is 0 Å². The van der Waals surface area contributed by atoms with Crippen molar-refractivity contribution in [1.82, 2.24) is 18.8 Å². The van der Waals surface area contributed by atoms with Crippen molar-refractivity contribution in [3.8, 4) is 11.1 Å². The van der Waals surface area contributed by atoms with E-state index in [9.17, 15) is 12.8 Å². The smallest absolute Gasteiger partial charge is 0.211 e. The topological polar surface area (TPSA) is 125 Å². The lowest BCUT2D eigenvalue weighted by molar-refractivity contribution is -0.00995.